The molecule has 2 aliphatic heterocycles. The van der Waals surface area contributed by atoms with Crippen LogP contribution in [0.3, 0.4) is 0 Å². The van der Waals surface area contributed by atoms with Gasteiger partial charge >= 0.3 is 0 Å². The second-order valence-corrected chi connectivity index (χ2v) is 5.55. The van der Waals surface area contributed by atoms with Crippen molar-refractivity contribution in [1.29, 1.82) is 0 Å². The molecule has 2 fully saturated rings. The summed E-state index contributed by atoms with van der Waals surface area (Å²) in [4.78, 5) is 2.61. The fraction of sp³-hybridized carbons (Fsp3) is 1.00. The SMILES string of the molecule is CCN1CC[C@]2(C)CN(S)C[C@]12C. The molecule has 13 heavy (non-hydrogen) atoms. The molecule has 0 aromatic heterocycles. The standard InChI is InChI=1S/C10H20N2S/c1-4-11-6-5-9(2)7-12(13)8-10(9,11)3/h13H,4-8H2,1-3H3/t9-,10+/m1/s1. The quantitative estimate of drug-likeness (QED) is 0.643. The molecule has 0 bridgehead atoms. The molecule has 0 aromatic carbocycles. The normalized spacial score (nSPS) is 47.1. The van der Waals surface area contributed by atoms with Crippen molar-refractivity contribution in [2.45, 2.75) is 32.7 Å². The average Bonchev–Trinajstić information content (AvgIpc) is 2.36. The summed E-state index contributed by atoms with van der Waals surface area (Å²) in [6, 6.07) is 0. The Kier molecular flexibility index (Phi) is 2.17. The van der Waals surface area contributed by atoms with Crippen LogP contribution in [0.1, 0.15) is 27.2 Å². The minimum atomic E-state index is 0.365. The molecule has 2 heterocycles. The van der Waals surface area contributed by atoms with Crippen LogP contribution in [0.25, 0.3) is 0 Å². The zero-order valence-corrected chi connectivity index (χ0v) is 9.77. The predicted octanol–water partition coefficient (Wildman–Crippen LogP) is 1.64. The van der Waals surface area contributed by atoms with Gasteiger partial charge in [-0.15, -0.1) is 0 Å². The van der Waals surface area contributed by atoms with Gasteiger partial charge in [0, 0.05) is 24.0 Å². The van der Waals surface area contributed by atoms with Crippen LogP contribution in [0.5, 0.6) is 0 Å². The number of likely N-dealkylation sites (N-methyl/N-ethyl adjacent to an activating group) is 1. The second-order valence-electron chi connectivity index (χ2n) is 4.99. The van der Waals surface area contributed by atoms with Gasteiger partial charge < -0.3 is 0 Å². The first-order valence-corrected chi connectivity index (χ1v) is 5.61. The summed E-state index contributed by atoms with van der Waals surface area (Å²) < 4.78 is 2.18. The zero-order valence-electron chi connectivity index (χ0n) is 8.88. The molecule has 2 atom stereocenters. The molecule has 3 heteroatoms. The van der Waals surface area contributed by atoms with Gasteiger partial charge in [-0.1, -0.05) is 26.7 Å². The summed E-state index contributed by atoms with van der Waals surface area (Å²) in [6.07, 6.45) is 1.33. The first kappa shape index (κ1) is 9.81. The number of hydrogen-bond donors (Lipinski definition) is 1. The lowest BCUT2D eigenvalue weighted by Crippen LogP contribution is -2.49. The van der Waals surface area contributed by atoms with E-state index >= 15 is 0 Å². The molecular formula is C10H20N2S. The summed E-state index contributed by atoms with van der Waals surface area (Å²) in [7, 11) is 0. The Hall–Kier alpha value is 0.270. The third kappa shape index (κ3) is 1.17. The maximum atomic E-state index is 4.49. The van der Waals surface area contributed by atoms with E-state index in [9.17, 15) is 0 Å². The number of fused-ring (bicyclic) bond motifs is 1. The zero-order chi connectivity index (χ0) is 9.69. The van der Waals surface area contributed by atoms with Crippen LogP contribution >= 0.6 is 12.8 Å². The molecule has 2 saturated heterocycles. The van der Waals surface area contributed by atoms with E-state index in [1.54, 1.807) is 0 Å². The summed E-state index contributed by atoms with van der Waals surface area (Å²) in [5, 5.41) is 0. The molecule has 0 radical (unpaired) electrons. The Bertz CT molecular complexity index is 221. The number of thiol groups is 1. The van der Waals surface area contributed by atoms with Gasteiger partial charge in [-0.2, -0.15) is 0 Å². The molecule has 2 rings (SSSR count). The van der Waals surface area contributed by atoms with Crippen LogP contribution in [0.2, 0.25) is 0 Å². The van der Waals surface area contributed by atoms with E-state index < -0.39 is 0 Å². The van der Waals surface area contributed by atoms with Gasteiger partial charge in [0.1, 0.15) is 0 Å². The molecule has 0 saturated carbocycles. The van der Waals surface area contributed by atoms with Crippen molar-refractivity contribution in [2.75, 3.05) is 26.2 Å². The Labute approximate surface area is 86.8 Å². The lowest BCUT2D eigenvalue weighted by Gasteiger charge is -2.39. The minimum Gasteiger partial charge on any atom is -0.296 e. The largest absolute Gasteiger partial charge is 0.296 e. The smallest absolute Gasteiger partial charge is 0.0384 e. The molecule has 0 unspecified atom stereocenters. The Morgan fingerprint density at radius 1 is 1.31 bits per heavy atom. The van der Waals surface area contributed by atoms with E-state index in [1.165, 1.54) is 19.5 Å². The average molecular weight is 200 g/mol. The summed E-state index contributed by atoms with van der Waals surface area (Å²) >= 11 is 4.49. The highest BCUT2D eigenvalue weighted by atomic mass is 32.1. The highest BCUT2D eigenvalue weighted by Crippen LogP contribution is 2.50. The Morgan fingerprint density at radius 3 is 2.62 bits per heavy atom. The van der Waals surface area contributed by atoms with Crippen molar-refractivity contribution in [2.24, 2.45) is 5.41 Å². The van der Waals surface area contributed by atoms with Crippen molar-refractivity contribution in [3.63, 3.8) is 0 Å². The van der Waals surface area contributed by atoms with E-state index in [-0.39, 0.29) is 0 Å². The summed E-state index contributed by atoms with van der Waals surface area (Å²) in [5.74, 6) is 0. The number of hydrogen-bond acceptors (Lipinski definition) is 3. The lowest BCUT2D eigenvalue weighted by molar-refractivity contribution is 0.113. The molecule has 2 nitrogen and oxygen atoms in total. The number of nitrogens with zero attached hydrogens (tertiary/aromatic N) is 2. The third-order valence-corrected chi connectivity index (χ3v) is 4.62. The molecule has 2 aliphatic rings. The summed E-state index contributed by atoms with van der Waals surface area (Å²) in [6.45, 7) is 11.8. The van der Waals surface area contributed by atoms with Gasteiger partial charge in [0.15, 0.2) is 0 Å². The summed E-state index contributed by atoms with van der Waals surface area (Å²) in [5.41, 5.74) is 0.828. The highest BCUT2D eigenvalue weighted by Gasteiger charge is 2.57. The van der Waals surface area contributed by atoms with Gasteiger partial charge in [0.2, 0.25) is 0 Å². The van der Waals surface area contributed by atoms with Gasteiger partial charge in [0.05, 0.1) is 0 Å². The van der Waals surface area contributed by atoms with E-state index in [2.05, 4.69) is 42.8 Å². The number of rotatable bonds is 1. The van der Waals surface area contributed by atoms with Crippen LogP contribution < -0.4 is 0 Å². The van der Waals surface area contributed by atoms with Crippen LogP contribution in [0.15, 0.2) is 0 Å². The van der Waals surface area contributed by atoms with Gasteiger partial charge in [0.25, 0.3) is 0 Å². The second kappa shape index (κ2) is 2.88. The van der Waals surface area contributed by atoms with Crippen molar-refractivity contribution in [3.05, 3.63) is 0 Å². The maximum absolute atomic E-state index is 4.49. The van der Waals surface area contributed by atoms with Crippen LogP contribution in [0, 0.1) is 5.41 Å². The van der Waals surface area contributed by atoms with E-state index in [0.29, 0.717) is 11.0 Å². The van der Waals surface area contributed by atoms with Crippen molar-refractivity contribution in [3.8, 4) is 0 Å². The van der Waals surface area contributed by atoms with Crippen LogP contribution in [-0.4, -0.2) is 40.9 Å². The lowest BCUT2D eigenvalue weighted by atomic mass is 9.75. The number of likely N-dealkylation sites (tertiary alicyclic amines) is 1. The first-order chi connectivity index (χ1) is 6.02. The molecule has 0 aliphatic carbocycles. The van der Waals surface area contributed by atoms with Gasteiger partial charge in [-0.05, 0) is 26.4 Å². The monoisotopic (exact) mass is 200 g/mol. The van der Waals surface area contributed by atoms with Crippen molar-refractivity contribution < 1.29 is 0 Å². The highest BCUT2D eigenvalue weighted by molar-refractivity contribution is 7.77. The van der Waals surface area contributed by atoms with E-state index in [4.69, 9.17) is 0 Å². The van der Waals surface area contributed by atoms with Gasteiger partial charge in [-0.25, -0.2) is 0 Å². The maximum Gasteiger partial charge on any atom is 0.0384 e. The molecule has 0 spiro atoms. The van der Waals surface area contributed by atoms with Crippen LogP contribution in [0.4, 0.5) is 0 Å². The molecule has 0 aromatic rings. The Morgan fingerprint density at radius 2 is 2.00 bits per heavy atom. The van der Waals surface area contributed by atoms with Crippen molar-refractivity contribution >= 4 is 12.8 Å². The molecule has 0 amide bonds. The van der Waals surface area contributed by atoms with E-state index in [0.717, 1.165) is 13.1 Å². The van der Waals surface area contributed by atoms with Gasteiger partial charge in [-0.3, -0.25) is 9.21 Å². The minimum absolute atomic E-state index is 0.365. The third-order valence-electron chi connectivity index (χ3n) is 4.34. The first-order valence-electron chi connectivity index (χ1n) is 5.21. The molecule has 0 N–H and O–H groups in total. The fourth-order valence-electron chi connectivity index (χ4n) is 3.14. The molecular weight excluding hydrogens is 180 g/mol. The molecule has 76 valence electrons. The van der Waals surface area contributed by atoms with E-state index in [1.807, 2.05) is 0 Å². The predicted molar refractivity (Wildman–Crippen MR) is 58.9 cm³/mol. The Balaban J connectivity index is 2.28. The topological polar surface area (TPSA) is 6.48 Å². The van der Waals surface area contributed by atoms with Crippen molar-refractivity contribution in [1.82, 2.24) is 9.21 Å². The fourth-order valence-corrected chi connectivity index (χ4v) is 3.73. The van der Waals surface area contributed by atoms with Crippen LogP contribution in [-0.2, 0) is 0 Å².